The summed E-state index contributed by atoms with van der Waals surface area (Å²) < 4.78 is 54.6. The number of carbonyl (C=O) groups is 1. The van der Waals surface area contributed by atoms with Crippen molar-refractivity contribution in [3.05, 3.63) is 29.8 Å². The number of rotatable bonds is 6. The van der Waals surface area contributed by atoms with Crippen molar-refractivity contribution in [1.82, 2.24) is 0 Å². The summed E-state index contributed by atoms with van der Waals surface area (Å²) in [6, 6.07) is 5.85. The van der Waals surface area contributed by atoms with E-state index in [9.17, 15) is 22.4 Å². The van der Waals surface area contributed by atoms with Gasteiger partial charge in [-0.25, -0.2) is 22.4 Å². The monoisotopic (exact) mass is 446 g/mol. The lowest BCUT2D eigenvalue weighted by Gasteiger charge is -2.06. The first-order valence-electron chi connectivity index (χ1n) is 7.82. The Labute approximate surface area is 161 Å². The maximum absolute atomic E-state index is 11.8. The highest BCUT2D eigenvalue weighted by Gasteiger charge is 2.12. The lowest BCUT2D eigenvalue weighted by atomic mass is 10.2. The topological polar surface area (TPSA) is 35.5 Å². The fourth-order valence-corrected chi connectivity index (χ4v) is 1.23. The van der Waals surface area contributed by atoms with E-state index in [0.717, 1.165) is 5.92 Å². The molecule has 0 amide bonds. The van der Waals surface area contributed by atoms with Crippen molar-refractivity contribution in [1.29, 1.82) is 0 Å². The van der Waals surface area contributed by atoms with Gasteiger partial charge in [0.25, 0.3) is 6.43 Å². The van der Waals surface area contributed by atoms with Crippen LogP contribution in [0.3, 0.4) is 0 Å². The zero-order valence-electron chi connectivity index (χ0n) is 14.2. The lowest BCUT2D eigenvalue weighted by Crippen LogP contribution is -2.07. The average Bonchev–Trinajstić information content (AvgIpc) is 3.37. The van der Waals surface area contributed by atoms with Crippen molar-refractivity contribution in [2.75, 3.05) is 18.5 Å². The van der Waals surface area contributed by atoms with Crippen molar-refractivity contribution in [3.8, 4) is 5.75 Å². The number of benzene rings is 1. The summed E-state index contributed by atoms with van der Waals surface area (Å²) in [5.74, 6) is 0.941. The smallest absolute Gasteiger partial charge is 0.338 e. The van der Waals surface area contributed by atoms with Gasteiger partial charge in [0.05, 0.1) is 17.5 Å². The van der Waals surface area contributed by atoms with Crippen LogP contribution in [0.1, 0.15) is 44.5 Å². The zero-order valence-corrected chi connectivity index (χ0v) is 15.8. The van der Waals surface area contributed by atoms with Gasteiger partial charge >= 0.3 is 5.97 Å². The van der Waals surface area contributed by atoms with Gasteiger partial charge in [0.15, 0.2) is 0 Å². The summed E-state index contributed by atoms with van der Waals surface area (Å²) in [5, 5.41) is -0.215. The molecule has 0 bridgehead atoms. The third kappa shape index (κ3) is 16.2. The second-order valence-corrected chi connectivity index (χ2v) is 5.82. The van der Waals surface area contributed by atoms with Gasteiger partial charge in [0.2, 0.25) is 6.43 Å². The maximum Gasteiger partial charge on any atom is 0.338 e. The molecule has 1 aromatic carbocycles. The van der Waals surface area contributed by atoms with Crippen molar-refractivity contribution < 1.29 is 31.8 Å². The highest BCUT2D eigenvalue weighted by molar-refractivity contribution is 9.09. The zero-order chi connectivity index (χ0) is 19.2. The fourth-order valence-electron chi connectivity index (χ4n) is 1.23. The van der Waals surface area contributed by atoms with Gasteiger partial charge in [0, 0.05) is 0 Å². The SMILES string of the molecule is C.CC1CC1.CCOC(=O)c1ccc(OCC(F)F)cc1.FC(F)CBr. The van der Waals surface area contributed by atoms with Crippen LogP contribution in [0.25, 0.3) is 0 Å². The van der Waals surface area contributed by atoms with E-state index in [0.29, 0.717) is 17.9 Å². The minimum Gasteiger partial charge on any atom is -0.488 e. The summed E-state index contributed by atoms with van der Waals surface area (Å²) in [7, 11) is 0. The van der Waals surface area contributed by atoms with Gasteiger partial charge in [-0.05, 0) is 37.1 Å². The summed E-state index contributed by atoms with van der Waals surface area (Å²) in [5.41, 5.74) is 0.367. The summed E-state index contributed by atoms with van der Waals surface area (Å²) >= 11 is 2.56. The van der Waals surface area contributed by atoms with Crippen LogP contribution in [0.4, 0.5) is 17.6 Å². The molecule has 1 aromatic rings. The molecular weight excluding hydrogens is 420 g/mol. The Hall–Kier alpha value is -1.31. The normalized spacial score (nSPS) is 12.2. The second-order valence-electron chi connectivity index (χ2n) is 5.17. The fraction of sp³-hybridized carbons (Fsp3) is 0.611. The van der Waals surface area contributed by atoms with E-state index in [1.54, 1.807) is 6.92 Å². The molecule has 0 spiro atoms. The predicted molar refractivity (Wildman–Crippen MR) is 98.8 cm³/mol. The Kier molecular flexibility index (Phi) is 16.5. The summed E-state index contributed by atoms with van der Waals surface area (Å²) in [6.07, 6.45) is -1.74. The Morgan fingerprint density at radius 3 is 1.92 bits per heavy atom. The number of halogens is 5. The number of alkyl halides is 5. The van der Waals surface area contributed by atoms with Crippen molar-refractivity contribution in [3.63, 3.8) is 0 Å². The van der Waals surface area contributed by atoms with E-state index in [1.807, 2.05) is 0 Å². The third-order valence-electron chi connectivity index (χ3n) is 2.72. The molecule has 1 aliphatic rings. The molecule has 1 fully saturated rings. The minimum absolute atomic E-state index is 0. The number of ether oxygens (including phenoxy) is 2. The quantitative estimate of drug-likeness (QED) is 0.296. The molecule has 0 saturated heterocycles. The van der Waals surface area contributed by atoms with E-state index >= 15 is 0 Å². The Bertz CT molecular complexity index is 466. The standard InChI is InChI=1S/C11H12F2O3.C4H8.C2H3BrF2.CH4/c1-2-15-11(14)8-3-5-9(6-4-8)16-7-10(12)13;1-4-2-3-4;3-1-2(4)5;/h3-6,10H,2,7H2,1H3;4H,2-3H2,1H3;2H,1H2;1H4. The molecule has 8 heteroatoms. The number of hydrogen-bond donors (Lipinski definition) is 0. The molecule has 0 unspecified atom stereocenters. The highest BCUT2D eigenvalue weighted by atomic mass is 79.9. The van der Waals surface area contributed by atoms with Gasteiger partial charge in [-0.1, -0.05) is 43.1 Å². The number of carbonyl (C=O) groups excluding carboxylic acids is 1. The molecule has 0 aliphatic heterocycles. The first-order chi connectivity index (χ1) is 11.8. The second kappa shape index (κ2) is 15.9. The summed E-state index contributed by atoms with van der Waals surface area (Å²) in [6.45, 7) is 3.62. The molecular formula is C18H27BrF4O3. The first-order valence-corrected chi connectivity index (χ1v) is 8.94. The van der Waals surface area contributed by atoms with Gasteiger partial charge in [-0.3, -0.25) is 0 Å². The molecule has 3 nitrogen and oxygen atoms in total. The largest absolute Gasteiger partial charge is 0.488 e. The molecule has 152 valence electrons. The van der Waals surface area contributed by atoms with E-state index < -0.39 is 25.4 Å². The first kappa shape index (κ1) is 26.9. The van der Waals surface area contributed by atoms with Crippen LogP contribution in [-0.2, 0) is 4.74 Å². The molecule has 26 heavy (non-hydrogen) atoms. The Morgan fingerprint density at radius 2 is 1.62 bits per heavy atom. The molecule has 0 N–H and O–H groups in total. The summed E-state index contributed by atoms with van der Waals surface area (Å²) in [4.78, 5) is 11.2. The third-order valence-corrected chi connectivity index (χ3v) is 3.21. The van der Waals surface area contributed by atoms with Crippen LogP contribution < -0.4 is 4.74 Å². The lowest BCUT2D eigenvalue weighted by molar-refractivity contribution is 0.0525. The van der Waals surface area contributed by atoms with Crippen LogP contribution in [0.2, 0.25) is 0 Å². The van der Waals surface area contributed by atoms with E-state index in [4.69, 9.17) is 9.47 Å². The minimum atomic E-state index is -2.51. The predicted octanol–water partition coefficient (Wildman–Crippen LogP) is 6.21. The van der Waals surface area contributed by atoms with Crippen LogP contribution >= 0.6 is 15.9 Å². The van der Waals surface area contributed by atoms with Crippen molar-refractivity contribution in [2.24, 2.45) is 5.92 Å². The highest BCUT2D eigenvalue weighted by Crippen LogP contribution is 2.26. The molecule has 1 aliphatic carbocycles. The molecule has 2 rings (SSSR count). The Balaban J connectivity index is 0. The van der Waals surface area contributed by atoms with E-state index in [1.165, 1.54) is 37.1 Å². The number of esters is 1. The molecule has 0 aromatic heterocycles. The van der Waals surface area contributed by atoms with Crippen LogP contribution in [0.15, 0.2) is 24.3 Å². The Morgan fingerprint density at radius 1 is 1.15 bits per heavy atom. The molecule has 0 atom stereocenters. The molecule has 0 heterocycles. The van der Waals surface area contributed by atoms with Gasteiger partial charge in [-0.15, -0.1) is 0 Å². The molecule has 1 saturated carbocycles. The molecule has 0 radical (unpaired) electrons. The van der Waals surface area contributed by atoms with Crippen LogP contribution in [-0.4, -0.2) is 37.4 Å². The maximum atomic E-state index is 11.8. The number of hydrogen-bond acceptors (Lipinski definition) is 3. The van der Waals surface area contributed by atoms with E-state index in [-0.39, 0.29) is 12.8 Å². The average molecular weight is 447 g/mol. The van der Waals surface area contributed by atoms with Crippen molar-refractivity contribution >= 4 is 21.9 Å². The van der Waals surface area contributed by atoms with Gasteiger partial charge < -0.3 is 9.47 Å². The van der Waals surface area contributed by atoms with Gasteiger partial charge in [-0.2, -0.15) is 0 Å². The van der Waals surface area contributed by atoms with Gasteiger partial charge in [0.1, 0.15) is 12.4 Å². The van der Waals surface area contributed by atoms with Crippen LogP contribution in [0.5, 0.6) is 5.75 Å². The van der Waals surface area contributed by atoms with Crippen molar-refractivity contribution in [2.45, 2.75) is 47.0 Å². The van der Waals surface area contributed by atoms with Crippen LogP contribution in [0, 0.1) is 5.92 Å². The van der Waals surface area contributed by atoms with E-state index in [2.05, 4.69) is 22.9 Å².